The molecule has 0 bridgehead atoms. The molecule has 1 heterocycles. The van der Waals surface area contributed by atoms with Gasteiger partial charge in [0.1, 0.15) is 5.56 Å². The summed E-state index contributed by atoms with van der Waals surface area (Å²) in [5, 5.41) is 10.4. The molecule has 21 heavy (non-hydrogen) atoms. The van der Waals surface area contributed by atoms with Crippen LogP contribution in [0.2, 0.25) is 0 Å². The number of H-pyrrole nitrogens is 1. The van der Waals surface area contributed by atoms with Crippen LogP contribution in [0.15, 0.2) is 33.9 Å². The van der Waals surface area contributed by atoms with Crippen LogP contribution in [0.5, 0.6) is 5.88 Å². The van der Waals surface area contributed by atoms with Gasteiger partial charge in [0.25, 0.3) is 5.56 Å². The lowest BCUT2D eigenvalue weighted by atomic mass is 10.1. The predicted molar refractivity (Wildman–Crippen MR) is 79.7 cm³/mol. The Balaban J connectivity index is 2.70. The van der Waals surface area contributed by atoms with Crippen molar-refractivity contribution in [3.05, 3.63) is 50.7 Å². The van der Waals surface area contributed by atoms with Gasteiger partial charge < -0.3 is 9.84 Å². The normalized spacial score (nSPS) is 12.3. The quantitative estimate of drug-likeness (QED) is 0.892. The predicted octanol–water partition coefficient (Wildman–Crippen LogP) is 1.43. The first-order valence-corrected chi connectivity index (χ1v) is 6.59. The molecule has 0 fully saturated rings. The molecule has 1 atom stereocenters. The summed E-state index contributed by atoms with van der Waals surface area (Å²) >= 11 is 0. The minimum Gasteiger partial charge on any atom is -0.494 e. The van der Waals surface area contributed by atoms with Crippen LogP contribution >= 0.6 is 0 Å². The van der Waals surface area contributed by atoms with E-state index in [-0.39, 0.29) is 18.1 Å². The number of aromatic hydroxyl groups is 1. The third kappa shape index (κ3) is 2.90. The van der Waals surface area contributed by atoms with Gasteiger partial charge in [0.05, 0.1) is 12.6 Å². The number of hydrogen-bond acceptors (Lipinski definition) is 4. The van der Waals surface area contributed by atoms with Crippen LogP contribution in [0.25, 0.3) is 11.1 Å². The Labute approximate surface area is 121 Å². The Hall–Kier alpha value is -2.34. The molecule has 0 spiro atoms. The molecule has 0 aliphatic rings. The van der Waals surface area contributed by atoms with Crippen LogP contribution in [0, 0.1) is 6.92 Å². The Morgan fingerprint density at radius 1 is 1.38 bits per heavy atom. The van der Waals surface area contributed by atoms with Crippen LogP contribution in [0.3, 0.4) is 0 Å². The third-order valence-corrected chi connectivity index (χ3v) is 3.27. The third-order valence-electron chi connectivity index (χ3n) is 3.27. The minimum absolute atomic E-state index is 0.0845. The van der Waals surface area contributed by atoms with Crippen molar-refractivity contribution in [1.82, 2.24) is 9.55 Å². The maximum Gasteiger partial charge on any atom is 0.331 e. The molecule has 1 unspecified atom stereocenters. The highest BCUT2D eigenvalue weighted by molar-refractivity contribution is 5.67. The van der Waals surface area contributed by atoms with Crippen molar-refractivity contribution in [2.24, 2.45) is 0 Å². The molecule has 6 nitrogen and oxygen atoms in total. The summed E-state index contributed by atoms with van der Waals surface area (Å²) in [4.78, 5) is 26.2. The molecule has 0 aliphatic carbocycles. The average Bonchev–Trinajstić information content (AvgIpc) is 2.38. The molecule has 6 heteroatoms. The van der Waals surface area contributed by atoms with Gasteiger partial charge in [-0.15, -0.1) is 0 Å². The zero-order valence-electron chi connectivity index (χ0n) is 12.2. The van der Waals surface area contributed by atoms with Gasteiger partial charge in [-0.25, -0.2) is 4.79 Å². The van der Waals surface area contributed by atoms with Crippen molar-refractivity contribution in [1.29, 1.82) is 0 Å². The van der Waals surface area contributed by atoms with Crippen LogP contribution in [-0.2, 0) is 4.74 Å². The number of aryl methyl sites for hydroxylation is 1. The fourth-order valence-electron chi connectivity index (χ4n) is 2.32. The van der Waals surface area contributed by atoms with Gasteiger partial charge in [-0.1, -0.05) is 29.8 Å². The first-order valence-electron chi connectivity index (χ1n) is 6.59. The van der Waals surface area contributed by atoms with Crippen molar-refractivity contribution in [3.8, 4) is 17.0 Å². The van der Waals surface area contributed by atoms with Crippen LogP contribution < -0.4 is 11.2 Å². The molecule has 2 rings (SSSR count). The molecule has 112 valence electrons. The van der Waals surface area contributed by atoms with Crippen molar-refractivity contribution in [2.75, 3.05) is 13.7 Å². The van der Waals surface area contributed by atoms with Gasteiger partial charge in [-0.2, -0.15) is 0 Å². The molecule has 0 radical (unpaired) electrons. The molecular weight excluding hydrogens is 272 g/mol. The average molecular weight is 290 g/mol. The maximum absolute atomic E-state index is 12.0. The fourth-order valence-corrected chi connectivity index (χ4v) is 2.32. The number of nitrogens with zero attached hydrogens (tertiary/aromatic N) is 1. The van der Waals surface area contributed by atoms with Gasteiger partial charge in [0.2, 0.25) is 5.88 Å². The number of hydrogen-bond donors (Lipinski definition) is 2. The lowest BCUT2D eigenvalue weighted by Gasteiger charge is -2.17. The SMILES string of the molecule is COCC(C)n1c(O)c(-c2cccc(C)c2)c(=O)[nH]c1=O. The van der Waals surface area contributed by atoms with Gasteiger partial charge in [0.15, 0.2) is 0 Å². The summed E-state index contributed by atoms with van der Waals surface area (Å²) < 4.78 is 6.13. The Morgan fingerprint density at radius 3 is 2.71 bits per heavy atom. The van der Waals surface area contributed by atoms with E-state index >= 15 is 0 Å². The number of ether oxygens (including phenoxy) is 1. The smallest absolute Gasteiger partial charge is 0.331 e. The van der Waals surface area contributed by atoms with E-state index in [0.29, 0.717) is 5.56 Å². The second kappa shape index (κ2) is 5.97. The van der Waals surface area contributed by atoms with Gasteiger partial charge >= 0.3 is 5.69 Å². The van der Waals surface area contributed by atoms with E-state index < -0.39 is 17.3 Å². The number of benzene rings is 1. The molecule has 0 aliphatic heterocycles. The standard InChI is InChI=1S/C15H18N2O4/c1-9-5-4-6-11(7-9)12-13(18)16-15(20)17(14(12)19)10(2)8-21-3/h4-7,10,19H,8H2,1-3H3,(H,16,18,20). The highest BCUT2D eigenvalue weighted by Crippen LogP contribution is 2.26. The summed E-state index contributed by atoms with van der Waals surface area (Å²) in [6, 6.07) is 6.77. The largest absolute Gasteiger partial charge is 0.494 e. The van der Waals surface area contributed by atoms with E-state index in [9.17, 15) is 14.7 Å². The number of aromatic nitrogens is 2. The minimum atomic E-state index is -0.654. The second-order valence-corrected chi connectivity index (χ2v) is 5.00. The van der Waals surface area contributed by atoms with E-state index in [1.165, 1.54) is 7.11 Å². The summed E-state index contributed by atoms with van der Waals surface area (Å²) in [7, 11) is 1.51. The fraction of sp³-hybridized carbons (Fsp3) is 0.333. The van der Waals surface area contributed by atoms with Crippen LogP contribution in [0.1, 0.15) is 18.5 Å². The lowest BCUT2D eigenvalue weighted by molar-refractivity contribution is 0.155. The maximum atomic E-state index is 12.0. The van der Waals surface area contributed by atoms with Crippen molar-refractivity contribution in [2.45, 2.75) is 19.9 Å². The molecule has 1 aromatic heterocycles. The Morgan fingerprint density at radius 2 is 2.10 bits per heavy atom. The number of rotatable bonds is 4. The summed E-state index contributed by atoms with van der Waals surface area (Å²) in [5.74, 6) is -0.348. The molecule has 1 aromatic carbocycles. The summed E-state index contributed by atoms with van der Waals surface area (Å²) in [6.07, 6.45) is 0. The van der Waals surface area contributed by atoms with Crippen molar-refractivity contribution < 1.29 is 9.84 Å². The van der Waals surface area contributed by atoms with E-state index in [1.807, 2.05) is 13.0 Å². The lowest BCUT2D eigenvalue weighted by Crippen LogP contribution is -2.34. The van der Waals surface area contributed by atoms with Gasteiger partial charge in [0, 0.05) is 7.11 Å². The summed E-state index contributed by atoms with van der Waals surface area (Å²) in [5.41, 5.74) is 0.338. The highest BCUT2D eigenvalue weighted by Gasteiger charge is 2.19. The van der Waals surface area contributed by atoms with E-state index in [2.05, 4.69) is 4.98 Å². The van der Waals surface area contributed by atoms with E-state index in [1.54, 1.807) is 25.1 Å². The zero-order valence-corrected chi connectivity index (χ0v) is 12.2. The number of nitrogens with one attached hydrogen (secondary N) is 1. The highest BCUT2D eigenvalue weighted by atomic mass is 16.5. The molecule has 2 aromatic rings. The Kier molecular flexibility index (Phi) is 4.28. The Bertz CT molecular complexity index is 761. The van der Waals surface area contributed by atoms with E-state index in [4.69, 9.17) is 4.74 Å². The monoisotopic (exact) mass is 290 g/mol. The molecule has 0 saturated heterocycles. The van der Waals surface area contributed by atoms with Crippen LogP contribution in [-0.4, -0.2) is 28.4 Å². The van der Waals surface area contributed by atoms with Gasteiger partial charge in [-0.05, 0) is 19.4 Å². The first-order chi connectivity index (χ1) is 9.95. The second-order valence-electron chi connectivity index (χ2n) is 5.00. The molecule has 0 amide bonds. The molecule has 2 N–H and O–H groups in total. The van der Waals surface area contributed by atoms with E-state index in [0.717, 1.165) is 10.1 Å². The number of methoxy groups -OCH3 is 1. The number of aromatic amines is 1. The summed E-state index contributed by atoms with van der Waals surface area (Å²) in [6.45, 7) is 3.86. The topological polar surface area (TPSA) is 84.3 Å². The zero-order chi connectivity index (χ0) is 15.6. The van der Waals surface area contributed by atoms with Crippen molar-refractivity contribution >= 4 is 0 Å². The van der Waals surface area contributed by atoms with Crippen molar-refractivity contribution in [3.63, 3.8) is 0 Å². The first kappa shape index (κ1) is 15.1. The molecule has 0 saturated carbocycles. The van der Waals surface area contributed by atoms with Crippen LogP contribution in [0.4, 0.5) is 0 Å². The molecular formula is C15H18N2O4. The van der Waals surface area contributed by atoms with Gasteiger partial charge in [-0.3, -0.25) is 14.3 Å².